The van der Waals surface area contributed by atoms with Gasteiger partial charge in [-0.05, 0) is 41.8 Å². The van der Waals surface area contributed by atoms with E-state index in [2.05, 4.69) is 0 Å². The van der Waals surface area contributed by atoms with E-state index in [9.17, 15) is 14.9 Å². The Labute approximate surface area is 216 Å². The Bertz CT molecular complexity index is 1370. The normalized spacial score (nSPS) is 10.5. The summed E-state index contributed by atoms with van der Waals surface area (Å²) < 4.78 is 11.5. The van der Waals surface area contributed by atoms with Gasteiger partial charge in [-0.1, -0.05) is 72.8 Å². The topological polar surface area (TPSA) is 81.9 Å². The van der Waals surface area contributed by atoms with Crippen molar-refractivity contribution in [2.45, 2.75) is 26.6 Å². The largest absolute Gasteiger partial charge is 0.493 e. The molecule has 0 saturated carbocycles. The van der Waals surface area contributed by atoms with Crippen molar-refractivity contribution >= 4 is 11.6 Å². The minimum atomic E-state index is -0.465. The van der Waals surface area contributed by atoms with Crippen LogP contribution in [0.2, 0.25) is 0 Å². The number of nitro benzene ring substituents is 1. The molecule has 0 unspecified atom stereocenters. The van der Waals surface area contributed by atoms with Crippen molar-refractivity contribution < 1.29 is 19.2 Å². The minimum Gasteiger partial charge on any atom is -0.493 e. The molecule has 4 rings (SSSR count). The van der Waals surface area contributed by atoms with Crippen LogP contribution in [0.1, 0.15) is 32.6 Å². The molecule has 0 aliphatic heterocycles. The van der Waals surface area contributed by atoms with Crippen LogP contribution >= 0.6 is 0 Å². The number of hydrogen-bond donors (Lipinski definition) is 0. The standard InChI is InChI=1S/C30H28N2O5/c1-22-13-15-26(18-27(22)32(34)35)30(33)31(19-23-9-5-3-6-10-23)20-25-14-16-28(36-2)29(17-25)37-21-24-11-7-4-8-12-24/h3-18H,19-21H2,1-2H3. The van der Waals surface area contributed by atoms with Crippen LogP contribution in [0.15, 0.2) is 97.1 Å². The van der Waals surface area contributed by atoms with Crippen molar-refractivity contribution in [1.29, 1.82) is 0 Å². The summed E-state index contributed by atoms with van der Waals surface area (Å²) in [5, 5.41) is 11.5. The number of benzene rings is 4. The highest BCUT2D eigenvalue weighted by atomic mass is 16.6. The molecule has 0 fully saturated rings. The zero-order valence-corrected chi connectivity index (χ0v) is 20.8. The third-order valence-electron chi connectivity index (χ3n) is 5.99. The number of ether oxygens (including phenoxy) is 2. The number of rotatable bonds is 10. The second-order valence-corrected chi connectivity index (χ2v) is 8.66. The SMILES string of the molecule is COc1ccc(CN(Cc2ccccc2)C(=O)c2ccc(C)c([N+](=O)[O-])c2)cc1OCc1ccccc1. The summed E-state index contributed by atoms with van der Waals surface area (Å²) in [5.41, 5.74) is 3.51. The summed E-state index contributed by atoms with van der Waals surface area (Å²) in [4.78, 5) is 26.3. The van der Waals surface area contributed by atoms with E-state index in [0.29, 0.717) is 30.2 Å². The molecule has 0 N–H and O–H groups in total. The molecule has 4 aromatic carbocycles. The third kappa shape index (κ3) is 6.52. The van der Waals surface area contributed by atoms with E-state index in [0.717, 1.165) is 16.7 Å². The van der Waals surface area contributed by atoms with Crippen molar-refractivity contribution in [3.8, 4) is 11.5 Å². The van der Waals surface area contributed by atoms with Gasteiger partial charge >= 0.3 is 0 Å². The van der Waals surface area contributed by atoms with Crippen LogP contribution < -0.4 is 9.47 Å². The lowest BCUT2D eigenvalue weighted by molar-refractivity contribution is -0.385. The highest BCUT2D eigenvalue weighted by molar-refractivity contribution is 5.95. The van der Waals surface area contributed by atoms with E-state index < -0.39 is 4.92 Å². The molecule has 0 aromatic heterocycles. The molecule has 4 aromatic rings. The van der Waals surface area contributed by atoms with E-state index in [-0.39, 0.29) is 23.7 Å². The number of carbonyl (C=O) groups is 1. The molecule has 0 bridgehead atoms. The fourth-order valence-corrected chi connectivity index (χ4v) is 4.01. The number of nitro groups is 1. The van der Waals surface area contributed by atoms with Crippen LogP contribution in [0.4, 0.5) is 5.69 Å². The summed E-state index contributed by atoms with van der Waals surface area (Å²) in [5.74, 6) is 0.867. The fraction of sp³-hybridized carbons (Fsp3) is 0.167. The number of aryl methyl sites for hydroxylation is 1. The van der Waals surface area contributed by atoms with Gasteiger partial charge in [0.05, 0.1) is 12.0 Å². The first kappa shape index (κ1) is 25.4. The summed E-state index contributed by atoms with van der Waals surface area (Å²) in [7, 11) is 1.58. The third-order valence-corrected chi connectivity index (χ3v) is 5.99. The predicted octanol–water partition coefficient (Wildman–Crippen LogP) is 6.33. The van der Waals surface area contributed by atoms with E-state index in [1.165, 1.54) is 6.07 Å². The van der Waals surface area contributed by atoms with Gasteiger partial charge in [0.25, 0.3) is 11.6 Å². The summed E-state index contributed by atoms with van der Waals surface area (Å²) in [6.45, 7) is 2.65. The van der Waals surface area contributed by atoms with Gasteiger partial charge in [-0.3, -0.25) is 14.9 Å². The number of methoxy groups -OCH3 is 1. The van der Waals surface area contributed by atoms with Gasteiger partial charge in [0, 0.05) is 30.3 Å². The van der Waals surface area contributed by atoms with Gasteiger partial charge in [-0.15, -0.1) is 0 Å². The molecule has 7 heteroatoms. The molecule has 0 heterocycles. The lowest BCUT2D eigenvalue weighted by atomic mass is 10.1. The molecule has 0 saturated heterocycles. The van der Waals surface area contributed by atoms with Crippen LogP contribution in [0.3, 0.4) is 0 Å². The first-order valence-corrected chi connectivity index (χ1v) is 11.9. The average molecular weight is 497 g/mol. The fourth-order valence-electron chi connectivity index (χ4n) is 4.01. The average Bonchev–Trinajstić information content (AvgIpc) is 2.92. The van der Waals surface area contributed by atoms with Gasteiger partial charge in [-0.2, -0.15) is 0 Å². The molecular formula is C30H28N2O5. The highest BCUT2D eigenvalue weighted by Crippen LogP contribution is 2.30. The van der Waals surface area contributed by atoms with Crippen molar-refractivity contribution in [3.63, 3.8) is 0 Å². The second kappa shape index (κ2) is 11.9. The lowest BCUT2D eigenvalue weighted by Gasteiger charge is -2.24. The molecule has 0 aliphatic rings. The maximum absolute atomic E-state index is 13.6. The molecular weight excluding hydrogens is 468 g/mol. The van der Waals surface area contributed by atoms with Crippen molar-refractivity contribution in [2.24, 2.45) is 0 Å². The number of carbonyl (C=O) groups excluding carboxylic acids is 1. The van der Waals surface area contributed by atoms with Crippen molar-refractivity contribution in [2.75, 3.05) is 7.11 Å². The van der Waals surface area contributed by atoms with Gasteiger partial charge in [0.2, 0.25) is 0 Å². The number of hydrogen-bond acceptors (Lipinski definition) is 5. The molecule has 0 radical (unpaired) electrons. The van der Waals surface area contributed by atoms with E-state index >= 15 is 0 Å². The van der Waals surface area contributed by atoms with E-state index in [4.69, 9.17) is 9.47 Å². The quantitative estimate of drug-likeness (QED) is 0.189. The molecule has 0 aliphatic carbocycles. The van der Waals surface area contributed by atoms with Crippen molar-refractivity contribution in [3.05, 3.63) is 135 Å². The number of nitrogens with zero attached hydrogens (tertiary/aromatic N) is 2. The Balaban J connectivity index is 1.62. The zero-order valence-electron chi connectivity index (χ0n) is 20.8. The number of amides is 1. The van der Waals surface area contributed by atoms with Gasteiger partial charge in [-0.25, -0.2) is 0 Å². The Kier molecular flexibility index (Phi) is 8.15. The summed E-state index contributed by atoms with van der Waals surface area (Å²) in [6, 6.07) is 29.6. The highest BCUT2D eigenvalue weighted by Gasteiger charge is 2.21. The Morgan fingerprint density at radius 2 is 1.46 bits per heavy atom. The Morgan fingerprint density at radius 3 is 2.11 bits per heavy atom. The van der Waals surface area contributed by atoms with Crippen LogP contribution in [-0.4, -0.2) is 22.8 Å². The first-order chi connectivity index (χ1) is 17.9. The lowest BCUT2D eigenvalue weighted by Crippen LogP contribution is -2.30. The molecule has 0 atom stereocenters. The predicted molar refractivity (Wildman–Crippen MR) is 142 cm³/mol. The van der Waals surface area contributed by atoms with E-state index in [1.54, 1.807) is 31.1 Å². The van der Waals surface area contributed by atoms with E-state index in [1.807, 2.05) is 78.9 Å². The zero-order chi connectivity index (χ0) is 26.2. The van der Waals surface area contributed by atoms with Gasteiger partial charge in [0.15, 0.2) is 11.5 Å². The monoisotopic (exact) mass is 496 g/mol. The Morgan fingerprint density at radius 1 is 0.811 bits per heavy atom. The first-order valence-electron chi connectivity index (χ1n) is 11.9. The van der Waals surface area contributed by atoms with Crippen LogP contribution in [-0.2, 0) is 19.7 Å². The maximum Gasteiger partial charge on any atom is 0.273 e. The van der Waals surface area contributed by atoms with Crippen LogP contribution in [0.25, 0.3) is 0 Å². The van der Waals surface area contributed by atoms with Gasteiger partial charge < -0.3 is 14.4 Å². The minimum absolute atomic E-state index is 0.0773. The maximum atomic E-state index is 13.6. The molecule has 188 valence electrons. The smallest absolute Gasteiger partial charge is 0.273 e. The van der Waals surface area contributed by atoms with Crippen LogP contribution in [0, 0.1) is 17.0 Å². The molecule has 1 amide bonds. The molecule has 0 spiro atoms. The second-order valence-electron chi connectivity index (χ2n) is 8.66. The molecule has 37 heavy (non-hydrogen) atoms. The Hall–Kier alpha value is -4.65. The summed E-state index contributed by atoms with van der Waals surface area (Å²) in [6.07, 6.45) is 0. The van der Waals surface area contributed by atoms with Crippen molar-refractivity contribution in [1.82, 2.24) is 4.90 Å². The van der Waals surface area contributed by atoms with Crippen LogP contribution in [0.5, 0.6) is 11.5 Å². The summed E-state index contributed by atoms with van der Waals surface area (Å²) >= 11 is 0. The van der Waals surface area contributed by atoms with Gasteiger partial charge in [0.1, 0.15) is 6.61 Å². The molecule has 7 nitrogen and oxygen atoms in total.